The van der Waals surface area contributed by atoms with Crippen LogP contribution >= 0.6 is 11.8 Å². The van der Waals surface area contributed by atoms with Crippen LogP contribution in [0.2, 0.25) is 0 Å². The first-order chi connectivity index (χ1) is 11.2. The molecule has 1 heterocycles. The number of carbonyl (C=O) groups is 3. The van der Waals surface area contributed by atoms with Gasteiger partial charge in [-0.3, -0.25) is 9.59 Å². The van der Waals surface area contributed by atoms with Crippen LogP contribution in [0.5, 0.6) is 5.75 Å². The third-order valence-electron chi connectivity index (χ3n) is 3.47. The molecule has 1 N–H and O–H groups in total. The van der Waals surface area contributed by atoms with Crippen molar-refractivity contribution in [2.45, 2.75) is 25.7 Å². The molecule has 2 rings (SSSR count). The Kier molecular flexibility index (Phi) is 7.29. The summed E-state index contributed by atoms with van der Waals surface area (Å²) in [4.78, 5) is 35.2. The summed E-state index contributed by atoms with van der Waals surface area (Å²) in [6, 6.07) is 7.05. The second-order valence-corrected chi connectivity index (χ2v) is 6.58. The minimum absolute atomic E-state index is 0.0965. The number of nitrogens with one attached hydrogen (secondary N) is 1. The maximum absolute atomic E-state index is 11.8. The molecule has 1 aromatic rings. The molecule has 0 amide bonds. The highest BCUT2D eigenvalue weighted by atomic mass is 32.2. The molecule has 5 nitrogen and oxygen atoms in total. The third-order valence-corrected chi connectivity index (χ3v) is 4.63. The Morgan fingerprint density at radius 2 is 1.83 bits per heavy atom. The average Bonchev–Trinajstić information content (AvgIpc) is 2.55. The quantitative estimate of drug-likeness (QED) is 0.443. The fourth-order valence-electron chi connectivity index (χ4n) is 2.24. The lowest BCUT2D eigenvalue weighted by atomic mass is 10.1. The summed E-state index contributed by atoms with van der Waals surface area (Å²) in [6.07, 6.45) is 2.58. The number of hydrogen-bond donors (Lipinski definition) is 1. The van der Waals surface area contributed by atoms with E-state index >= 15 is 0 Å². The van der Waals surface area contributed by atoms with Crippen molar-refractivity contribution in [2.24, 2.45) is 0 Å². The molecule has 0 saturated carbocycles. The van der Waals surface area contributed by atoms with Crippen LogP contribution in [0.25, 0.3) is 0 Å². The number of hydrogen-bond acceptors (Lipinski definition) is 6. The molecule has 23 heavy (non-hydrogen) atoms. The van der Waals surface area contributed by atoms with Crippen molar-refractivity contribution in [3.63, 3.8) is 0 Å². The van der Waals surface area contributed by atoms with Gasteiger partial charge in [0.1, 0.15) is 5.75 Å². The van der Waals surface area contributed by atoms with Crippen LogP contribution in [-0.2, 0) is 20.8 Å². The number of carbonyl (C=O) groups excluding carboxylic acids is 3. The molecule has 0 fully saturated rings. The van der Waals surface area contributed by atoms with E-state index < -0.39 is 17.5 Å². The summed E-state index contributed by atoms with van der Waals surface area (Å²) >= 11 is 1.76. The van der Waals surface area contributed by atoms with Gasteiger partial charge in [0.25, 0.3) is 0 Å². The Labute approximate surface area is 140 Å². The zero-order chi connectivity index (χ0) is 16.5. The first-order valence-corrected chi connectivity index (χ1v) is 8.99. The molecule has 124 valence electrons. The van der Waals surface area contributed by atoms with Crippen molar-refractivity contribution >= 4 is 29.3 Å². The molecule has 0 spiro atoms. The minimum Gasteiger partial charge on any atom is -0.420 e. The lowest BCUT2D eigenvalue weighted by molar-refractivity contribution is -0.151. The SMILES string of the molecule is O=C1CCCSCCCNCCc2cccc(c2)OC(=O)C1=O. The van der Waals surface area contributed by atoms with Gasteiger partial charge < -0.3 is 10.1 Å². The highest BCUT2D eigenvalue weighted by Crippen LogP contribution is 2.14. The summed E-state index contributed by atoms with van der Waals surface area (Å²) in [6.45, 7) is 1.80. The second-order valence-electron chi connectivity index (χ2n) is 5.36. The third kappa shape index (κ3) is 6.15. The van der Waals surface area contributed by atoms with Crippen LogP contribution in [0.1, 0.15) is 24.8 Å². The molecule has 1 aliphatic heterocycles. The van der Waals surface area contributed by atoms with E-state index in [0.717, 1.165) is 43.0 Å². The second kappa shape index (κ2) is 9.47. The number of thioether (sulfide) groups is 1. The van der Waals surface area contributed by atoms with Gasteiger partial charge in [0.15, 0.2) is 0 Å². The first kappa shape index (κ1) is 17.7. The number of fused-ring (bicyclic) bond motifs is 2. The highest BCUT2D eigenvalue weighted by Gasteiger charge is 2.24. The summed E-state index contributed by atoms with van der Waals surface area (Å²) in [5, 5.41) is 3.38. The Balaban J connectivity index is 2.04. The number of esters is 1. The van der Waals surface area contributed by atoms with Gasteiger partial charge in [-0.2, -0.15) is 11.8 Å². The van der Waals surface area contributed by atoms with Gasteiger partial charge in [0.2, 0.25) is 5.78 Å². The normalized spacial score (nSPS) is 19.0. The van der Waals surface area contributed by atoms with Gasteiger partial charge >= 0.3 is 11.8 Å². The van der Waals surface area contributed by atoms with Crippen LogP contribution in [0.4, 0.5) is 0 Å². The molecule has 0 saturated heterocycles. The molecular formula is C17H21NO4S. The van der Waals surface area contributed by atoms with Crippen LogP contribution in [0.3, 0.4) is 0 Å². The van der Waals surface area contributed by atoms with Gasteiger partial charge in [-0.05, 0) is 61.6 Å². The number of Topliss-reactive ketones (excluding diaryl/α,β-unsaturated/α-hetero) is 2. The lowest BCUT2D eigenvalue weighted by Gasteiger charge is -2.07. The fourth-order valence-corrected chi connectivity index (χ4v) is 3.14. The number of ketones is 2. The molecule has 1 aliphatic rings. The minimum atomic E-state index is -1.10. The molecule has 2 bridgehead atoms. The van der Waals surface area contributed by atoms with Crippen LogP contribution in [-0.4, -0.2) is 42.1 Å². The number of ether oxygens (including phenoxy) is 1. The maximum atomic E-state index is 11.8. The molecule has 0 aromatic heterocycles. The zero-order valence-electron chi connectivity index (χ0n) is 13.0. The molecule has 0 unspecified atom stereocenters. The van der Waals surface area contributed by atoms with Gasteiger partial charge in [0, 0.05) is 6.42 Å². The molecule has 1 aromatic carbocycles. The van der Waals surface area contributed by atoms with E-state index in [-0.39, 0.29) is 6.42 Å². The average molecular weight is 335 g/mol. The van der Waals surface area contributed by atoms with Crippen LogP contribution < -0.4 is 10.1 Å². The maximum Gasteiger partial charge on any atom is 0.388 e. The van der Waals surface area contributed by atoms with Crippen molar-refractivity contribution in [1.82, 2.24) is 5.32 Å². The van der Waals surface area contributed by atoms with E-state index in [0.29, 0.717) is 12.2 Å². The zero-order valence-corrected chi connectivity index (χ0v) is 13.8. The predicted octanol–water partition coefficient (Wildman–Crippen LogP) is 1.78. The predicted molar refractivity (Wildman–Crippen MR) is 89.8 cm³/mol. The van der Waals surface area contributed by atoms with Gasteiger partial charge in [0.05, 0.1) is 0 Å². The van der Waals surface area contributed by atoms with Crippen LogP contribution in [0, 0.1) is 0 Å². The van der Waals surface area contributed by atoms with Crippen molar-refractivity contribution in [2.75, 3.05) is 24.6 Å². The van der Waals surface area contributed by atoms with E-state index in [1.54, 1.807) is 30.0 Å². The Hall–Kier alpha value is -1.66. The van der Waals surface area contributed by atoms with E-state index in [1.807, 2.05) is 6.07 Å². The van der Waals surface area contributed by atoms with Gasteiger partial charge in [-0.15, -0.1) is 0 Å². The smallest absolute Gasteiger partial charge is 0.388 e. The Morgan fingerprint density at radius 3 is 2.70 bits per heavy atom. The van der Waals surface area contributed by atoms with Gasteiger partial charge in [-0.25, -0.2) is 4.79 Å². The molecule has 0 aliphatic carbocycles. The molecule has 0 atom stereocenters. The monoisotopic (exact) mass is 335 g/mol. The van der Waals surface area contributed by atoms with Crippen molar-refractivity contribution in [3.8, 4) is 5.75 Å². The first-order valence-electron chi connectivity index (χ1n) is 7.83. The molecule has 0 radical (unpaired) electrons. The summed E-state index contributed by atoms with van der Waals surface area (Å²) < 4.78 is 5.03. The van der Waals surface area contributed by atoms with Gasteiger partial charge in [-0.1, -0.05) is 12.1 Å². The van der Waals surface area contributed by atoms with E-state index in [2.05, 4.69) is 5.32 Å². The van der Waals surface area contributed by atoms with Crippen LogP contribution in [0.15, 0.2) is 24.3 Å². The molecule has 6 heteroatoms. The standard InChI is InChI=1S/C17H21NO4S/c19-15-6-2-10-23-11-3-8-18-9-7-13-4-1-5-14(12-13)22-17(21)16(15)20/h1,4-5,12,18H,2-3,6-11H2. The Morgan fingerprint density at radius 1 is 1.00 bits per heavy atom. The van der Waals surface area contributed by atoms with E-state index in [9.17, 15) is 14.4 Å². The summed E-state index contributed by atoms with van der Waals surface area (Å²) in [5.74, 6) is -0.693. The summed E-state index contributed by atoms with van der Waals surface area (Å²) in [5.41, 5.74) is 1.01. The fraction of sp³-hybridized carbons (Fsp3) is 0.471. The van der Waals surface area contributed by atoms with E-state index in [4.69, 9.17) is 4.74 Å². The van der Waals surface area contributed by atoms with Crippen molar-refractivity contribution < 1.29 is 19.1 Å². The Bertz CT molecular complexity index is 573. The molecular weight excluding hydrogens is 314 g/mol. The number of rotatable bonds is 0. The number of benzene rings is 1. The highest BCUT2D eigenvalue weighted by molar-refractivity contribution is 7.99. The lowest BCUT2D eigenvalue weighted by Crippen LogP contribution is -2.28. The van der Waals surface area contributed by atoms with Crippen molar-refractivity contribution in [3.05, 3.63) is 29.8 Å². The van der Waals surface area contributed by atoms with E-state index in [1.165, 1.54) is 0 Å². The summed E-state index contributed by atoms with van der Waals surface area (Å²) in [7, 11) is 0. The topological polar surface area (TPSA) is 72.5 Å². The van der Waals surface area contributed by atoms with Crippen molar-refractivity contribution in [1.29, 1.82) is 0 Å². The largest absolute Gasteiger partial charge is 0.420 e.